The molecule has 4 nitrogen and oxygen atoms in total. The van der Waals surface area contributed by atoms with Gasteiger partial charge in [-0.2, -0.15) is 0 Å². The normalized spacial score (nSPS) is 11.0. The van der Waals surface area contributed by atoms with Gasteiger partial charge in [-0.1, -0.05) is 30.3 Å². The predicted octanol–water partition coefficient (Wildman–Crippen LogP) is 4.46. The number of aryl methyl sites for hydroxylation is 1. The molecule has 0 radical (unpaired) electrons. The number of pyridine rings is 2. The summed E-state index contributed by atoms with van der Waals surface area (Å²) in [5.41, 5.74) is 2.86. The monoisotopic (exact) mass is 314 g/mol. The number of nitrogens with zero attached hydrogens (tertiary/aromatic N) is 2. The summed E-state index contributed by atoms with van der Waals surface area (Å²) in [5.74, 6) is -1.02. The largest absolute Gasteiger partial charge is 0.478 e. The molecule has 0 unspecified atom stereocenters. The van der Waals surface area contributed by atoms with Gasteiger partial charge in [-0.05, 0) is 41.5 Å². The van der Waals surface area contributed by atoms with Crippen molar-refractivity contribution in [2.45, 2.75) is 6.92 Å². The summed E-state index contributed by atoms with van der Waals surface area (Å²) in [5, 5.41) is 12.6. The molecule has 4 heteroatoms. The van der Waals surface area contributed by atoms with Gasteiger partial charge in [-0.25, -0.2) is 4.79 Å². The van der Waals surface area contributed by atoms with Gasteiger partial charge in [0.1, 0.15) is 5.56 Å². The molecule has 0 saturated heterocycles. The van der Waals surface area contributed by atoms with E-state index in [9.17, 15) is 9.90 Å². The van der Waals surface area contributed by atoms with E-state index in [1.54, 1.807) is 18.5 Å². The van der Waals surface area contributed by atoms with Gasteiger partial charge in [0.2, 0.25) is 0 Å². The number of rotatable bonds is 2. The third-order valence-electron chi connectivity index (χ3n) is 4.21. The van der Waals surface area contributed by atoms with Crippen LogP contribution in [0.2, 0.25) is 0 Å². The summed E-state index contributed by atoms with van der Waals surface area (Å²) in [4.78, 5) is 20.6. The molecule has 2 aromatic carbocycles. The van der Waals surface area contributed by atoms with Gasteiger partial charge in [0, 0.05) is 23.3 Å². The van der Waals surface area contributed by atoms with E-state index in [1.807, 2.05) is 43.3 Å². The Bertz CT molecular complexity index is 1100. The molecule has 0 fully saturated rings. The standard InChI is InChI=1S/C20H14N2O2/c1-12-9-13-5-2-3-6-14(13)10-16(12)19-17(20(23)24)18-15(11-22-19)7-4-8-21-18/h2-11H,1H3,(H,23,24). The van der Waals surface area contributed by atoms with Crippen LogP contribution in [0.4, 0.5) is 0 Å². The van der Waals surface area contributed by atoms with Crippen LogP contribution in [0.5, 0.6) is 0 Å². The molecular formula is C20H14N2O2. The molecule has 0 aliphatic heterocycles. The number of carbonyl (C=O) groups is 1. The number of benzene rings is 2. The average molecular weight is 314 g/mol. The fourth-order valence-corrected chi connectivity index (χ4v) is 3.06. The van der Waals surface area contributed by atoms with Gasteiger partial charge in [0.05, 0.1) is 11.2 Å². The highest BCUT2D eigenvalue weighted by Gasteiger charge is 2.19. The molecule has 2 heterocycles. The zero-order valence-electron chi connectivity index (χ0n) is 13.0. The molecule has 0 saturated carbocycles. The summed E-state index contributed by atoms with van der Waals surface area (Å²) in [6.07, 6.45) is 3.28. The molecule has 0 spiro atoms. The van der Waals surface area contributed by atoms with Crippen LogP contribution in [0, 0.1) is 6.92 Å². The number of hydrogen-bond donors (Lipinski definition) is 1. The molecule has 24 heavy (non-hydrogen) atoms. The van der Waals surface area contributed by atoms with Crippen LogP contribution in [0.3, 0.4) is 0 Å². The molecule has 2 aromatic heterocycles. The lowest BCUT2D eigenvalue weighted by atomic mass is 9.96. The quantitative estimate of drug-likeness (QED) is 0.593. The highest BCUT2D eigenvalue weighted by Crippen LogP contribution is 2.32. The minimum absolute atomic E-state index is 0.145. The Morgan fingerprint density at radius 3 is 2.42 bits per heavy atom. The van der Waals surface area contributed by atoms with E-state index in [-0.39, 0.29) is 5.56 Å². The third-order valence-corrected chi connectivity index (χ3v) is 4.21. The van der Waals surface area contributed by atoms with Crippen LogP contribution in [-0.4, -0.2) is 21.0 Å². The maximum atomic E-state index is 11.9. The Hall–Kier alpha value is -3.27. The highest BCUT2D eigenvalue weighted by atomic mass is 16.4. The molecule has 4 aromatic rings. The Morgan fingerprint density at radius 1 is 0.958 bits per heavy atom. The lowest BCUT2D eigenvalue weighted by Crippen LogP contribution is -2.05. The predicted molar refractivity (Wildman–Crippen MR) is 94.2 cm³/mol. The van der Waals surface area contributed by atoms with Crippen molar-refractivity contribution >= 4 is 27.6 Å². The van der Waals surface area contributed by atoms with Crippen LogP contribution in [0.25, 0.3) is 32.9 Å². The van der Waals surface area contributed by atoms with Crippen molar-refractivity contribution in [3.8, 4) is 11.3 Å². The van der Waals surface area contributed by atoms with E-state index in [2.05, 4.69) is 16.0 Å². The molecule has 0 bridgehead atoms. The zero-order chi connectivity index (χ0) is 16.7. The first-order valence-electron chi connectivity index (χ1n) is 7.62. The van der Waals surface area contributed by atoms with Crippen molar-refractivity contribution < 1.29 is 9.90 Å². The van der Waals surface area contributed by atoms with E-state index in [1.165, 1.54) is 0 Å². The lowest BCUT2D eigenvalue weighted by Gasteiger charge is -2.12. The summed E-state index contributed by atoms with van der Waals surface area (Å²) in [6.45, 7) is 1.97. The SMILES string of the molecule is Cc1cc2ccccc2cc1-c1ncc2cccnc2c1C(=O)O. The fourth-order valence-electron chi connectivity index (χ4n) is 3.06. The number of fused-ring (bicyclic) bond motifs is 2. The highest BCUT2D eigenvalue weighted by molar-refractivity contribution is 6.07. The number of aromatic nitrogens is 2. The number of carboxylic acid groups (broad SMARTS) is 1. The maximum absolute atomic E-state index is 11.9. The second kappa shape index (κ2) is 5.42. The zero-order valence-corrected chi connectivity index (χ0v) is 13.0. The molecule has 4 rings (SSSR count). The Balaban J connectivity index is 2.08. The van der Waals surface area contributed by atoms with Gasteiger partial charge in [0.25, 0.3) is 0 Å². The second-order valence-corrected chi connectivity index (χ2v) is 5.74. The first-order valence-corrected chi connectivity index (χ1v) is 7.62. The van der Waals surface area contributed by atoms with Gasteiger partial charge in [-0.15, -0.1) is 0 Å². The summed E-state index contributed by atoms with van der Waals surface area (Å²) in [7, 11) is 0. The van der Waals surface area contributed by atoms with Crippen LogP contribution in [0.1, 0.15) is 15.9 Å². The third kappa shape index (κ3) is 2.20. The van der Waals surface area contributed by atoms with Gasteiger partial charge in [-0.3, -0.25) is 9.97 Å². The summed E-state index contributed by atoms with van der Waals surface area (Å²) in [6, 6.07) is 15.7. The van der Waals surface area contributed by atoms with Gasteiger partial charge in [0.15, 0.2) is 0 Å². The van der Waals surface area contributed by atoms with Crippen molar-refractivity contribution in [2.75, 3.05) is 0 Å². The minimum atomic E-state index is -1.02. The Kier molecular flexibility index (Phi) is 3.24. The Labute approximate surface area is 138 Å². The van der Waals surface area contributed by atoms with E-state index in [0.717, 1.165) is 27.3 Å². The van der Waals surface area contributed by atoms with E-state index < -0.39 is 5.97 Å². The molecule has 116 valence electrons. The van der Waals surface area contributed by atoms with Crippen LogP contribution >= 0.6 is 0 Å². The topological polar surface area (TPSA) is 63.1 Å². The minimum Gasteiger partial charge on any atom is -0.478 e. The van der Waals surface area contributed by atoms with Gasteiger partial charge >= 0.3 is 5.97 Å². The lowest BCUT2D eigenvalue weighted by molar-refractivity contribution is 0.0699. The van der Waals surface area contributed by atoms with E-state index >= 15 is 0 Å². The van der Waals surface area contributed by atoms with Crippen molar-refractivity contribution in [1.29, 1.82) is 0 Å². The van der Waals surface area contributed by atoms with E-state index in [0.29, 0.717) is 11.2 Å². The van der Waals surface area contributed by atoms with Crippen molar-refractivity contribution in [1.82, 2.24) is 9.97 Å². The number of hydrogen-bond acceptors (Lipinski definition) is 3. The molecule has 0 amide bonds. The molecule has 0 aliphatic rings. The van der Waals surface area contributed by atoms with Crippen LogP contribution < -0.4 is 0 Å². The first-order chi connectivity index (χ1) is 11.6. The molecule has 0 atom stereocenters. The van der Waals surface area contributed by atoms with Crippen molar-refractivity contribution in [3.63, 3.8) is 0 Å². The average Bonchev–Trinajstić information content (AvgIpc) is 2.60. The van der Waals surface area contributed by atoms with Crippen LogP contribution in [-0.2, 0) is 0 Å². The molecule has 0 aliphatic carbocycles. The summed E-state index contributed by atoms with van der Waals surface area (Å²) >= 11 is 0. The van der Waals surface area contributed by atoms with E-state index in [4.69, 9.17) is 0 Å². The second-order valence-electron chi connectivity index (χ2n) is 5.74. The number of aromatic carboxylic acids is 1. The van der Waals surface area contributed by atoms with Gasteiger partial charge < -0.3 is 5.11 Å². The van der Waals surface area contributed by atoms with Crippen LogP contribution in [0.15, 0.2) is 60.9 Å². The maximum Gasteiger partial charge on any atom is 0.340 e. The number of carboxylic acids is 1. The van der Waals surface area contributed by atoms with Crippen molar-refractivity contribution in [3.05, 3.63) is 72.1 Å². The molecule has 1 N–H and O–H groups in total. The van der Waals surface area contributed by atoms with Crippen molar-refractivity contribution in [2.24, 2.45) is 0 Å². The first kappa shape index (κ1) is 14.3. The molecular weight excluding hydrogens is 300 g/mol. The fraction of sp³-hybridized carbons (Fsp3) is 0.0500. The smallest absolute Gasteiger partial charge is 0.340 e. The Morgan fingerprint density at radius 2 is 1.67 bits per heavy atom. The summed E-state index contributed by atoms with van der Waals surface area (Å²) < 4.78 is 0.